The second-order valence-electron chi connectivity index (χ2n) is 13.7. The van der Waals surface area contributed by atoms with Gasteiger partial charge in [0.2, 0.25) is 0 Å². The van der Waals surface area contributed by atoms with Gasteiger partial charge in [0.15, 0.2) is 23.1 Å². The van der Waals surface area contributed by atoms with Crippen LogP contribution in [-0.4, -0.2) is 43.3 Å². The highest BCUT2D eigenvalue weighted by Gasteiger charge is 2.49. The van der Waals surface area contributed by atoms with Crippen LogP contribution in [0.4, 0.5) is 0 Å². The molecule has 1 aliphatic heterocycles. The van der Waals surface area contributed by atoms with E-state index >= 15 is 0 Å². The van der Waals surface area contributed by atoms with Gasteiger partial charge >= 0.3 is 0 Å². The summed E-state index contributed by atoms with van der Waals surface area (Å²) < 4.78 is 19.8. The molecule has 0 aromatic heterocycles. The van der Waals surface area contributed by atoms with Crippen LogP contribution in [0.3, 0.4) is 0 Å². The third-order valence-corrected chi connectivity index (χ3v) is 10.0. The van der Waals surface area contributed by atoms with E-state index in [1.165, 1.54) is 0 Å². The molecule has 0 radical (unpaired) electrons. The van der Waals surface area contributed by atoms with Crippen molar-refractivity contribution in [2.24, 2.45) is 10.8 Å². The minimum Gasteiger partial charge on any atom is -0.490 e. The Labute approximate surface area is 283 Å². The number of methoxy groups -OCH3 is 1. The van der Waals surface area contributed by atoms with Crippen LogP contribution in [0.2, 0.25) is 0 Å². The lowest BCUT2D eigenvalue weighted by Gasteiger charge is -2.49. The maximum absolute atomic E-state index is 14.2. The van der Waals surface area contributed by atoms with Gasteiger partial charge in [-0.15, -0.1) is 0 Å². The van der Waals surface area contributed by atoms with Crippen LogP contribution < -0.4 is 9.47 Å². The molecule has 6 nitrogen and oxygen atoms in total. The van der Waals surface area contributed by atoms with Crippen molar-refractivity contribution in [2.45, 2.75) is 79.2 Å². The molecule has 0 amide bonds. The van der Waals surface area contributed by atoms with Gasteiger partial charge in [0.05, 0.1) is 10.2 Å². The third kappa shape index (κ3) is 6.97. The molecule has 1 heterocycles. The van der Waals surface area contributed by atoms with Crippen LogP contribution in [0.15, 0.2) is 63.4 Å². The van der Waals surface area contributed by atoms with Crippen LogP contribution in [-0.2, 0) is 20.9 Å². The Bertz CT molecular complexity index is 1450. The van der Waals surface area contributed by atoms with Crippen LogP contribution in [0.25, 0.3) is 0 Å². The molecule has 8 heteroatoms. The standard InChI is InChI=1S/C36H43BrINO5/c1-7-43-30-16-23(15-25(38)34(30)44-21-22-9-11-24(37)12-10-22)31-32-26(17-35(2,3)19-28(32)40)39(13-8-14-42-6)27-18-36(4,5)20-29(41)33(27)31/h9-12,15-16,31H,7-8,13-14,17-21H2,1-6H3. The molecule has 2 aliphatic carbocycles. The van der Waals surface area contributed by atoms with Crippen LogP contribution >= 0.6 is 38.5 Å². The molecule has 0 fully saturated rings. The van der Waals surface area contributed by atoms with E-state index in [9.17, 15) is 9.59 Å². The van der Waals surface area contributed by atoms with Gasteiger partial charge in [-0.3, -0.25) is 9.59 Å². The lowest BCUT2D eigenvalue weighted by atomic mass is 9.63. The van der Waals surface area contributed by atoms with E-state index in [1.54, 1.807) is 7.11 Å². The number of rotatable bonds is 10. The largest absolute Gasteiger partial charge is 0.490 e. The summed E-state index contributed by atoms with van der Waals surface area (Å²) >= 11 is 5.79. The summed E-state index contributed by atoms with van der Waals surface area (Å²) in [6.45, 7) is 12.8. The number of hydrogen-bond donors (Lipinski definition) is 0. The summed E-state index contributed by atoms with van der Waals surface area (Å²) in [5.74, 6) is 1.13. The van der Waals surface area contributed by atoms with Gasteiger partial charge in [-0.05, 0) is 95.0 Å². The fraction of sp³-hybridized carbons (Fsp3) is 0.500. The summed E-state index contributed by atoms with van der Waals surface area (Å²) in [6.07, 6.45) is 3.30. The molecule has 0 saturated heterocycles. The van der Waals surface area contributed by atoms with Crippen molar-refractivity contribution in [3.63, 3.8) is 0 Å². The van der Waals surface area contributed by atoms with Crippen molar-refractivity contribution in [3.8, 4) is 11.5 Å². The van der Waals surface area contributed by atoms with E-state index < -0.39 is 5.92 Å². The quantitative estimate of drug-likeness (QED) is 0.178. The number of carbonyl (C=O) groups is 2. The topological polar surface area (TPSA) is 65.1 Å². The van der Waals surface area contributed by atoms with Gasteiger partial charge in [-0.25, -0.2) is 0 Å². The minimum absolute atomic E-state index is 0.130. The summed E-state index contributed by atoms with van der Waals surface area (Å²) in [5, 5.41) is 0. The molecule has 5 rings (SSSR count). The summed E-state index contributed by atoms with van der Waals surface area (Å²) in [4.78, 5) is 30.6. The number of Topliss-reactive ketones (excluding diaryl/α,β-unsaturated/α-hetero) is 2. The first kappa shape index (κ1) is 33.2. The zero-order chi connectivity index (χ0) is 31.8. The van der Waals surface area contributed by atoms with Crippen molar-refractivity contribution in [1.29, 1.82) is 0 Å². The highest BCUT2D eigenvalue weighted by Crippen LogP contribution is 2.55. The highest BCUT2D eigenvalue weighted by atomic mass is 127. The average Bonchev–Trinajstić information content (AvgIpc) is 2.92. The Balaban J connectivity index is 1.65. The monoisotopic (exact) mass is 775 g/mol. The van der Waals surface area contributed by atoms with E-state index in [-0.39, 0.29) is 22.4 Å². The van der Waals surface area contributed by atoms with Gasteiger partial charge in [0.1, 0.15) is 6.61 Å². The van der Waals surface area contributed by atoms with Crippen molar-refractivity contribution < 1.29 is 23.8 Å². The number of ether oxygens (including phenoxy) is 3. The predicted molar refractivity (Wildman–Crippen MR) is 185 cm³/mol. The van der Waals surface area contributed by atoms with E-state index in [0.717, 1.165) is 67.5 Å². The number of nitrogens with zero attached hydrogens (tertiary/aromatic N) is 1. The molecule has 0 unspecified atom stereocenters. The van der Waals surface area contributed by atoms with Crippen molar-refractivity contribution in [3.05, 3.63) is 78.1 Å². The van der Waals surface area contributed by atoms with Gasteiger partial charge in [-0.1, -0.05) is 55.8 Å². The maximum Gasteiger partial charge on any atom is 0.174 e. The normalized spacial score (nSPS) is 19.7. The second kappa shape index (κ2) is 13.3. The molecule has 2 aromatic carbocycles. The zero-order valence-electron chi connectivity index (χ0n) is 26.6. The summed E-state index contributed by atoms with van der Waals surface area (Å²) in [5.41, 5.74) is 5.31. The molecule has 0 atom stereocenters. The molecule has 3 aliphatic rings. The van der Waals surface area contributed by atoms with Crippen molar-refractivity contribution in [1.82, 2.24) is 4.90 Å². The van der Waals surface area contributed by atoms with Crippen molar-refractivity contribution >= 4 is 50.1 Å². The molecular weight excluding hydrogens is 733 g/mol. The van der Waals surface area contributed by atoms with E-state index in [0.29, 0.717) is 44.2 Å². The number of ketones is 2. The first-order valence-electron chi connectivity index (χ1n) is 15.5. The Morgan fingerprint density at radius 1 is 0.909 bits per heavy atom. The smallest absolute Gasteiger partial charge is 0.174 e. The first-order chi connectivity index (χ1) is 20.8. The Morgan fingerprint density at radius 2 is 1.50 bits per heavy atom. The molecule has 44 heavy (non-hydrogen) atoms. The molecule has 0 saturated carbocycles. The third-order valence-electron chi connectivity index (χ3n) is 8.71. The number of benzene rings is 2. The molecule has 0 N–H and O–H groups in total. The zero-order valence-corrected chi connectivity index (χ0v) is 30.4. The van der Waals surface area contributed by atoms with E-state index in [2.05, 4.69) is 77.2 Å². The SMILES string of the molecule is CCOc1cc(C2C3=C(CC(C)(C)CC3=O)N(CCCOC)C3=C2C(=O)CC(C)(C)C3)cc(I)c1OCc1ccc(Br)cc1. The van der Waals surface area contributed by atoms with Gasteiger partial charge in [-0.2, -0.15) is 0 Å². The number of halogens is 2. The van der Waals surface area contributed by atoms with Gasteiger partial charge in [0.25, 0.3) is 0 Å². The summed E-state index contributed by atoms with van der Waals surface area (Å²) in [7, 11) is 1.71. The fourth-order valence-corrected chi connectivity index (χ4v) is 7.96. The van der Waals surface area contributed by atoms with Crippen LogP contribution in [0.1, 0.15) is 83.8 Å². The lowest BCUT2D eigenvalue weighted by molar-refractivity contribution is -0.119. The van der Waals surface area contributed by atoms with E-state index in [1.807, 2.05) is 37.3 Å². The molecule has 236 valence electrons. The van der Waals surface area contributed by atoms with E-state index in [4.69, 9.17) is 14.2 Å². The van der Waals surface area contributed by atoms with Gasteiger partial charge < -0.3 is 19.1 Å². The number of carbonyl (C=O) groups excluding carboxylic acids is 2. The molecule has 2 aromatic rings. The molecule has 0 bridgehead atoms. The highest BCUT2D eigenvalue weighted by molar-refractivity contribution is 14.1. The van der Waals surface area contributed by atoms with Crippen LogP contribution in [0.5, 0.6) is 11.5 Å². The number of allylic oxidation sites excluding steroid dienone is 4. The van der Waals surface area contributed by atoms with Gasteiger partial charge in [0, 0.05) is 66.0 Å². The average molecular weight is 777 g/mol. The minimum atomic E-state index is -0.431. The fourth-order valence-electron chi connectivity index (χ4n) is 6.91. The molecule has 0 spiro atoms. The summed E-state index contributed by atoms with van der Waals surface area (Å²) in [6, 6.07) is 12.1. The Hall–Kier alpha value is -2.17. The number of hydrogen-bond acceptors (Lipinski definition) is 6. The Kier molecular flexibility index (Phi) is 10.0. The van der Waals surface area contributed by atoms with Crippen LogP contribution in [0, 0.1) is 14.4 Å². The lowest BCUT2D eigenvalue weighted by Crippen LogP contribution is -2.44. The second-order valence-corrected chi connectivity index (χ2v) is 15.8. The molecular formula is C36H43BrINO5. The Morgan fingerprint density at radius 3 is 2.05 bits per heavy atom. The maximum atomic E-state index is 14.2. The predicted octanol–water partition coefficient (Wildman–Crippen LogP) is 8.75. The first-order valence-corrected chi connectivity index (χ1v) is 17.3. The van der Waals surface area contributed by atoms with Crippen molar-refractivity contribution in [2.75, 3.05) is 26.9 Å².